The third kappa shape index (κ3) is 9.37. The molecule has 0 fully saturated rings. The van der Waals surface area contributed by atoms with Crippen LogP contribution in [0.2, 0.25) is 0 Å². The van der Waals surface area contributed by atoms with Gasteiger partial charge >= 0.3 is 20.1 Å². The predicted octanol–water partition coefficient (Wildman–Crippen LogP) is 10.3. The molecule has 4 aromatic carbocycles. The van der Waals surface area contributed by atoms with Gasteiger partial charge in [0.25, 0.3) is 0 Å². The Hall–Kier alpha value is -4.76. The van der Waals surface area contributed by atoms with Gasteiger partial charge in [-0.05, 0) is 66.8 Å². The summed E-state index contributed by atoms with van der Waals surface area (Å²) in [7, 11) is 0. The molecule has 3 heterocycles. The van der Waals surface area contributed by atoms with Gasteiger partial charge in [0.05, 0.1) is 0 Å². The van der Waals surface area contributed by atoms with Crippen LogP contribution < -0.4 is 0 Å². The van der Waals surface area contributed by atoms with Crippen LogP contribution >= 0.6 is 0 Å². The van der Waals surface area contributed by atoms with E-state index in [4.69, 9.17) is 4.11 Å². The topological polar surface area (TPSA) is 38.7 Å². The van der Waals surface area contributed by atoms with Crippen molar-refractivity contribution >= 4 is 10.8 Å². The first-order valence-corrected chi connectivity index (χ1v) is 14.8. The number of nitrogens with zero attached hydrogens (tertiary/aromatic N) is 3. The molecule has 0 aliphatic heterocycles. The summed E-state index contributed by atoms with van der Waals surface area (Å²) in [6, 6.07) is 48.8. The Kier molecular flexibility index (Phi) is 10.7. The maximum absolute atomic E-state index is 7.61. The van der Waals surface area contributed by atoms with Crippen LogP contribution in [0, 0.1) is 52.7 Å². The molecule has 0 aliphatic carbocycles. The van der Waals surface area contributed by atoms with E-state index in [9.17, 15) is 0 Å². The van der Waals surface area contributed by atoms with Crippen LogP contribution in [0.4, 0.5) is 0 Å². The summed E-state index contributed by atoms with van der Waals surface area (Å²) in [5.41, 5.74) is 9.91. The van der Waals surface area contributed by atoms with Crippen molar-refractivity contribution in [3.05, 3.63) is 174 Å². The van der Waals surface area contributed by atoms with Gasteiger partial charge in [-0.3, -0.25) is 0 Å². The number of hydrogen-bond donors (Lipinski definition) is 0. The molecular formula is C42H36IrN3. The van der Waals surface area contributed by atoms with E-state index in [1.54, 1.807) is 12.3 Å². The molecule has 0 saturated carbocycles. The van der Waals surface area contributed by atoms with Gasteiger partial charge in [0.1, 0.15) is 0 Å². The minimum Gasteiger partial charge on any atom is -0.304 e. The fourth-order valence-corrected chi connectivity index (χ4v) is 4.83. The van der Waals surface area contributed by atoms with E-state index in [0.29, 0.717) is 0 Å². The van der Waals surface area contributed by atoms with Crippen LogP contribution in [0.5, 0.6) is 0 Å². The molecule has 228 valence electrons. The normalized spacial score (nSPS) is 11.3. The summed E-state index contributed by atoms with van der Waals surface area (Å²) in [6.45, 7) is 5.74. The van der Waals surface area contributed by atoms with Crippen molar-refractivity contribution in [3.8, 4) is 33.8 Å². The van der Waals surface area contributed by atoms with Crippen LogP contribution in [-0.2, 0) is 20.1 Å². The summed E-state index contributed by atoms with van der Waals surface area (Å²) in [5, 5.41) is 2.10. The molecule has 0 aliphatic rings. The first-order valence-electron chi connectivity index (χ1n) is 16.3. The average Bonchev–Trinajstić information content (AvgIpc) is 3.09. The Morgan fingerprint density at radius 3 is 1.76 bits per heavy atom. The maximum atomic E-state index is 7.61. The quantitative estimate of drug-likeness (QED) is 0.168. The minimum absolute atomic E-state index is 0. The number of hydrogen-bond acceptors (Lipinski definition) is 3. The second-order valence-corrected chi connectivity index (χ2v) is 10.8. The Morgan fingerprint density at radius 1 is 0.587 bits per heavy atom. The summed E-state index contributed by atoms with van der Waals surface area (Å²) < 4.78 is 22.8. The first kappa shape index (κ1) is 29.9. The molecule has 0 spiro atoms. The third-order valence-corrected chi connectivity index (χ3v) is 6.94. The number of fused-ring (bicyclic) bond motifs is 1. The summed E-state index contributed by atoms with van der Waals surface area (Å²) in [5.74, 6) is 0. The molecule has 46 heavy (non-hydrogen) atoms. The smallest absolute Gasteiger partial charge is 0.304 e. The standard InChI is InChI=1S/C18H16N.2C12H10N.Ir/c1-12-4-5-15-6-7-19-18(17(15)11-12)16-9-13(2)8-14(3)10-16;2*1-10-6-5-9-12(13-10)11-7-3-2-4-8-11;/h4-9,11H,1-3H3;2*2-7,9H,1H3;/q3*-1;+3/i3D3;;;. The largest absolute Gasteiger partial charge is 3.00 e. The Labute approximate surface area is 291 Å². The second kappa shape index (κ2) is 16.5. The zero-order valence-corrected chi connectivity index (χ0v) is 28.7. The van der Waals surface area contributed by atoms with Crippen LogP contribution in [0.1, 0.15) is 32.2 Å². The van der Waals surface area contributed by atoms with Crippen molar-refractivity contribution in [3.63, 3.8) is 0 Å². The molecule has 0 saturated heterocycles. The molecule has 0 amide bonds. The van der Waals surface area contributed by atoms with Gasteiger partial charge in [0, 0.05) is 21.7 Å². The van der Waals surface area contributed by atoms with Gasteiger partial charge in [-0.2, -0.15) is 0 Å². The van der Waals surface area contributed by atoms with Crippen molar-refractivity contribution in [2.75, 3.05) is 0 Å². The molecule has 0 atom stereocenters. The van der Waals surface area contributed by atoms with Gasteiger partial charge in [-0.1, -0.05) is 61.8 Å². The number of benzene rings is 4. The summed E-state index contributed by atoms with van der Waals surface area (Å²) in [6.07, 6.45) is 1.75. The zero-order valence-electron chi connectivity index (χ0n) is 29.3. The van der Waals surface area contributed by atoms with E-state index in [2.05, 4.69) is 51.4 Å². The van der Waals surface area contributed by atoms with Gasteiger partial charge < -0.3 is 15.0 Å². The Morgan fingerprint density at radius 2 is 1.22 bits per heavy atom. The van der Waals surface area contributed by atoms with Crippen molar-refractivity contribution in [1.29, 1.82) is 0 Å². The average molecular weight is 778 g/mol. The van der Waals surface area contributed by atoms with Gasteiger partial charge in [-0.15, -0.1) is 107 Å². The van der Waals surface area contributed by atoms with Crippen LogP contribution in [-0.4, -0.2) is 15.0 Å². The van der Waals surface area contributed by atoms with E-state index < -0.39 is 6.85 Å². The van der Waals surface area contributed by atoms with Crippen LogP contribution in [0.15, 0.2) is 128 Å². The van der Waals surface area contributed by atoms with Crippen molar-refractivity contribution in [2.24, 2.45) is 0 Å². The van der Waals surface area contributed by atoms with E-state index >= 15 is 0 Å². The minimum atomic E-state index is -2.17. The predicted molar refractivity (Wildman–Crippen MR) is 187 cm³/mol. The Bertz CT molecular complexity index is 2030. The van der Waals surface area contributed by atoms with Gasteiger partial charge in [0.15, 0.2) is 0 Å². The number of aromatic nitrogens is 3. The van der Waals surface area contributed by atoms with Gasteiger partial charge in [0.2, 0.25) is 0 Å². The fraction of sp³-hybridized carbons (Fsp3) is 0.119. The van der Waals surface area contributed by atoms with Crippen molar-refractivity contribution in [1.82, 2.24) is 15.0 Å². The van der Waals surface area contributed by atoms with Gasteiger partial charge in [-0.25, -0.2) is 0 Å². The van der Waals surface area contributed by atoms with E-state index in [0.717, 1.165) is 67.1 Å². The molecule has 0 radical (unpaired) electrons. The molecule has 3 aromatic heterocycles. The molecule has 0 unspecified atom stereocenters. The SMILES string of the molecule is Cc1cccc(-c2[c-]cccc2)n1.Cc1cccc(-c2[c-]cccc2)n1.[2H]C([2H])([2H])c1[c-]c(-c2nccc3ccc(C)cc23)cc(C)c1.[Ir+3]. The third-order valence-electron chi connectivity index (χ3n) is 6.94. The number of aryl methyl sites for hydroxylation is 5. The van der Waals surface area contributed by atoms with E-state index in [1.165, 1.54) is 0 Å². The van der Waals surface area contributed by atoms with E-state index in [-0.39, 0.29) is 25.7 Å². The van der Waals surface area contributed by atoms with Crippen molar-refractivity contribution in [2.45, 2.75) is 34.5 Å². The molecular weight excluding hydrogens is 739 g/mol. The molecule has 7 aromatic rings. The summed E-state index contributed by atoms with van der Waals surface area (Å²) >= 11 is 0. The van der Waals surface area contributed by atoms with Crippen LogP contribution in [0.3, 0.4) is 0 Å². The van der Waals surface area contributed by atoms with E-state index in [1.807, 2.05) is 125 Å². The number of pyridine rings is 3. The zero-order chi connectivity index (χ0) is 34.1. The molecule has 0 bridgehead atoms. The second-order valence-electron chi connectivity index (χ2n) is 10.8. The molecule has 4 heteroatoms. The first-order chi connectivity index (χ1) is 23.1. The summed E-state index contributed by atoms with van der Waals surface area (Å²) in [4.78, 5) is 13.3. The maximum Gasteiger partial charge on any atom is 3.00 e. The molecule has 3 nitrogen and oxygen atoms in total. The monoisotopic (exact) mass is 778 g/mol. The van der Waals surface area contributed by atoms with Crippen molar-refractivity contribution < 1.29 is 24.2 Å². The van der Waals surface area contributed by atoms with Crippen LogP contribution in [0.25, 0.3) is 44.5 Å². The molecule has 0 N–H and O–H groups in total. The Balaban J connectivity index is 0.000000173. The number of rotatable bonds is 3. The fourth-order valence-electron chi connectivity index (χ4n) is 4.83. The molecule has 7 rings (SSSR count).